The number of amides is 4. The van der Waals surface area contributed by atoms with Gasteiger partial charge >= 0.3 is 0 Å². The van der Waals surface area contributed by atoms with E-state index in [1.807, 2.05) is 12.1 Å². The van der Waals surface area contributed by atoms with E-state index in [9.17, 15) is 19.2 Å². The van der Waals surface area contributed by atoms with Crippen LogP contribution in [0.1, 0.15) is 51.1 Å². The zero-order chi connectivity index (χ0) is 22.0. The number of nitrogens with one attached hydrogen (secondary N) is 2. The summed E-state index contributed by atoms with van der Waals surface area (Å²) in [6, 6.07) is 7.94. The molecular formula is C22H23N5O4. The highest BCUT2D eigenvalue weighted by molar-refractivity contribution is 6.24. The molecule has 160 valence electrons. The molecule has 4 rings (SSSR count). The number of carbonyl (C=O) groups excluding carboxylic acids is 4. The van der Waals surface area contributed by atoms with Gasteiger partial charge in [0.05, 0.1) is 11.1 Å². The number of aryl methyl sites for hydroxylation is 1. The molecule has 2 aromatic rings. The molecule has 2 aliphatic heterocycles. The lowest BCUT2D eigenvalue weighted by Crippen LogP contribution is -2.54. The zero-order valence-electron chi connectivity index (χ0n) is 16.9. The number of fused-ring (bicyclic) bond motifs is 1. The Morgan fingerprint density at radius 2 is 2.00 bits per heavy atom. The van der Waals surface area contributed by atoms with Gasteiger partial charge < -0.3 is 11.1 Å². The van der Waals surface area contributed by atoms with Crippen LogP contribution in [0.4, 0.5) is 5.82 Å². The summed E-state index contributed by atoms with van der Waals surface area (Å²) < 4.78 is 0. The second-order valence-electron chi connectivity index (χ2n) is 7.58. The van der Waals surface area contributed by atoms with Gasteiger partial charge in [0.1, 0.15) is 11.9 Å². The van der Waals surface area contributed by atoms with Gasteiger partial charge in [-0.15, -0.1) is 0 Å². The van der Waals surface area contributed by atoms with Gasteiger partial charge in [0.25, 0.3) is 11.8 Å². The molecule has 4 amide bonds. The Balaban J connectivity index is 1.54. The summed E-state index contributed by atoms with van der Waals surface area (Å²) in [5.41, 5.74) is 7.86. The smallest absolute Gasteiger partial charge is 0.262 e. The Bertz CT molecular complexity index is 1070. The largest absolute Gasteiger partial charge is 0.366 e. The fraction of sp³-hybridized carbons (Fsp3) is 0.318. The van der Waals surface area contributed by atoms with Crippen molar-refractivity contribution in [2.75, 3.05) is 11.9 Å². The maximum absolute atomic E-state index is 13.1. The molecule has 1 saturated heterocycles. The number of aromatic nitrogens is 1. The van der Waals surface area contributed by atoms with Gasteiger partial charge in [-0.3, -0.25) is 29.4 Å². The lowest BCUT2D eigenvalue weighted by molar-refractivity contribution is -0.136. The third-order valence-electron chi connectivity index (χ3n) is 5.51. The van der Waals surface area contributed by atoms with Crippen LogP contribution in [0.5, 0.6) is 0 Å². The normalized spacial score (nSPS) is 18.2. The lowest BCUT2D eigenvalue weighted by Gasteiger charge is -2.27. The first kappa shape index (κ1) is 20.7. The van der Waals surface area contributed by atoms with Crippen molar-refractivity contribution in [3.05, 3.63) is 58.8 Å². The van der Waals surface area contributed by atoms with E-state index in [0.717, 1.165) is 23.3 Å². The number of piperidine rings is 1. The van der Waals surface area contributed by atoms with E-state index in [1.54, 1.807) is 24.4 Å². The van der Waals surface area contributed by atoms with E-state index < -0.39 is 29.7 Å². The number of carbonyl (C=O) groups is 4. The van der Waals surface area contributed by atoms with Crippen LogP contribution in [-0.2, 0) is 22.6 Å². The number of pyridine rings is 1. The van der Waals surface area contributed by atoms with Crippen molar-refractivity contribution in [3.8, 4) is 0 Å². The van der Waals surface area contributed by atoms with Crippen molar-refractivity contribution in [3.63, 3.8) is 0 Å². The molecule has 0 radical (unpaired) electrons. The molecule has 1 fully saturated rings. The summed E-state index contributed by atoms with van der Waals surface area (Å²) in [6.07, 6.45) is 3.65. The van der Waals surface area contributed by atoms with E-state index in [4.69, 9.17) is 5.73 Å². The first-order chi connectivity index (χ1) is 15.0. The van der Waals surface area contributed by atoms with Gasteiger partial charge in [-0.25, -0.2) is 4.98 Å². The Kier molecular flexibility index (Phi) is 5.77. The van der Waals surface area contributed by atoms with Gasteiger partial charge in [0.15, 0.2) is 0 Å². The van der Waals surface area contributed by atoms with Crippen LogP contribution >= 0.6 is 0 Å². The van der Waals surface area contributed by atoms with Crippen molar-refractivity contribution in [1.29, 1.82) is 0 Å². The SMILES string of the molecule is NCCCc1ccnc(NCc2cccc3c2C(=O)N(C2CCC(=O)NC2=O)C3=O)c1. The Labute approximate surface area is 179 Å². The molecule has 1 atom stereocenters. The van der Waals surface area contributed by atoms with Gasteiger partial charge in [0.2, 0.25) is 11.8 Å². The number of hydrogen-bond donors (Lipinski definition) is 3. The number of benzene rings is 1. The minimum absolute atomic E-state index is 0.0877. The maximum Gasteiger partial charge on any atom is 0.262 e. The van der Waals surface area contributed by atoms with Crippen molar-refractivity contribution in [1.82, 2.24) is 15.2 Å². The molecule has 2 aliphatic rings. The minimum atomic E-state index is -0.980. The number of nitrogens with zero attached hydrogens (tertiary/aromatic N) is 2. The molecule has 0 aliphatic carbocycles. The van der Waals surface area contributed by atoms with Crippen LogP contribution in [0.15, 0.2) is 36.5 Å². The summed E-state index contributed by atoms with van der Waals surface area (Å²) in [5.74, 6) is -1.39. The molecule has 0 bridgehead atoms. The Morgan fingerprint density at radius 1 is 1.16 bits per heavy atom. The van der Waals surface area contributed by atoms with Crippen molar-refractivity contribution in [2.45, 2.75) is 38.3 Å². The molecule has 1 unspecified atom stereocenters. The quantitative estimate of drug-likeness (QED) is 0.567. The Morgan fingerprint density at radius 3 is 2.77 bits per heavy atom. The highest BCUT2D eigenvalue weighted by Crippen LogP contribution is 2.30. The number of hydrogen-bond acceptors (Lipinski definition) is 7. The van der Waals surface area contributed by atoms with Crippen LogP contribution < -0.4 is 16.4 Å². The van der Waals surface area contributed by atoms with Crippen LogP contribution in [0.2, 0.25) is 0 Å². The molecule has 9 heteroatoms. The number of imide groups is 2. The van der Waals surface area contributed by atoms with Gasteiger partial charge in [0, 0.05) is 19.2 Å². The van der Waals surface area contributed by atoms with Crippen LogP contribution in [0.3, 0.4) is 0 Å². The topological polar surface area (TPSA) is 134 Å². The molecule has 31 heavy (non-hydrogen) atoms. The third kappa shape index (κ3) is 4.04. The second kappa shape index (κ2) is 8.65. The predicted molar refractivity (Wildman–Crippen MR) is 112 cm³/mol. The monoisotopic (exact) mass is 421 g/mol. The van der Waals surface area contributed by atoms with E-state index in [0.29, 0.717) is 24.5 Å². The molecule has 0 spiro atoms. The number of rotatable bonds is 7. The standard InChI is InChI=1S/C22H23N5O4/c23-9-2-3-13-8-10-24-17(11-13)25-12-14-4-1-5-15-19(14)22(31)27(21(15)30)16-6-7-18(28)26-20(16)29/h1,4-5,8,10-11,16H,2-3,6-7,9,12,23H2,(H,24,25)(H,26,28,29). The molecule has 1 aromatic heterocycles. The van der Waals surface area contributed by atoms with Crippen LogP contribution in [-0.4, -0.2) is 46.1 Å². The third-order valence-corrected chi connectivity index (χ3v) is 5.51. The fourth-order valence-corrected chi connectivity index (χ4v) is 3.95. The molecule has 0 saturated carbocycles. The summed E-state index contributed by atoms with van der Waals surface area (Å²) in [6.45, 7) is 0.903. The van der Waals surface area contributed by atoms with Crippen LogP contribution in [0.25, 0.3) is 0 Å². The van der Waals surface area contributed by atoms with Gasteiger partial charge in [-0.05, 0) is 55.1 Å². The molecule has 3 heterocycles. The molecule has 1 aromatic carbocycles. The van der Waals surface area contributed by atoms with E-state index in [2.05, 4.69) is 15.6 Å². The molecule has 4 N–H and O–H groups in total. The summed E-state index contributed by atoms with van der Waals surface area (Å²) >= 11 is 0. The first-order valence-electron chi connectivity index (χ1n) is 10.2. The number of anilines is 1. The predicted octanol–water partition coefficient (Wildman–Crippen LogP) is 0.986. The minimum Gasteiger partial charge on any atom is -0.366 e. The summed E-state index contributed by atoms with van der Waals surface area (Å²) in [4.78, 5) is 55.0. The van der Waals surface area contributed by atoms with Gasteiger partial charge in [-0.1, -0.05) is 12.1 Å². The number of nitrogens with two attached hydrogens (primary N) is 1. The molecular weight excluding hydrogens is 398 g/mol. The maximum atomic E-state index is 13.1. The fourth-order valence-electron chi connectivity index (χ4n) is 3.95. The van der Waals surface area contributed by atoms with Crippen molar-refractivity contribution < 1.29 is 19.2 Å². The second-order valence-corrected chi connectivity index (χ2v) is 7.58. The Hall–Kier alpha value is -3.59. The van der Waals surface area contributed by atoms with E-state index >= 15 is 0 Å². The lowest BCUT2D eigenvalue weighted by atomic mass is 10.0. The summed E-state index contributed by atoms with van der Waals surface area (Å²) in [5, 5.41) is 5.41. The van der Waals surface area contributed by atoms with Crippen LogP contribution in [0, 0.1) is 0 Å². The van der Waals surface area contributed by atoms with Gasteiger partial charge in [-0.2, -0.15) is 0 Å². The first-order valence-corrected chi connectivity index (χ1v) is 10.2. The zero-order valence-corrected chi connectivity index (χ0v) is 16.9. The summed E-state index contributed by atoms with van der Waals surface area (Å²) in [7, 11) is 0. The average Bonchev–Trinajstić information content (AvgIpc) is 3.02. The van der Waals surface area contributed by atoms with Crippen molar-refractivity contribution >= 4 is 29.4 Å². The average molecular weight is 421 g/mol. The van der Waals surface area contributed by atoms with E-state index in [1.165, 1.54) is 0 Å². The highest BCUT2D eigenvalue weighted by Gasteiger charge is 2.45. The molecule has 9 nitrogen and oxygen atoms in total. The van der Waals surface area contributed by atoms with Crippen molar-refractivity contribution in [2.24, 2.45) is 5.73 Å². The van der Waals surface area contributed by atoms with E-state index in [-0.39, 0.29) is 24.0 Å². The highest BCUT2D eigenvalue weighted by atomic mass is 16.2.